The lowest BCUT2D eigenvalue weighted by Gasteiger charge is -2.16. The third kappa shape index (κ3) is 3.87. The molecule has 1 aromatic carbocycles. The maximum absolute atomic E-state index is 12.1. The van der Waals surface area contributed by atoms with E-state index < -0.39 is 5.97 Å². The monoisotopic (exact) mass is 249 g/mol. The molecule has 0 aromatic heterocycles. The number of nitrogens with one attached hydrogen (secondary N) is 1. The molecule has 4 heteroatoms. The van der Waals surface area contributed by atoms with Crippen molar-refractivity contribution in [3.05, 3.63) is 34.9 Å². The molecular formula is C14H19NO3. The zero-order valence-electron chi connectivity index (χ0n) is 11.0. The van der Waals surface area contributed by atoms with Crippen molar-refractivity contribution in [3.63, 3.8) is 0 Å². The fourth-order valence-electron chi connectivity index (χ4n) is 1.75. The zero-order chi connectivity index (χ0) is 13.7. The molecule has 0 spiro atoms. The van der Waals surface area contributed by atoms with Gasteiger partial charge in [0.05, 0.1) is 6.42 Å². The number of aliphatic carboxylic acids is 1. The second kappa shape index (κ2) is 6.19. The van der Waals surface area contributed by atoms with Gasteiger partial charge in [-0.05, 0) is 31.9 Å². The van der Waals surface area contributed by atoms with Crippen LogP contribution >= 0.6 is 0 Å². The third-order valence-corrected chi connectivity index (χ3v) is 2.89. The Balaban J connectivity index is 2.80. The van der Waals surface area contributed by atoms with E-state index in [1.807, 2.05) is 39.0 Å². The number of carboxylic acid groups (broad SMARTS) is 1. The van der Waals surface area contributed by atoms with E-state index >= 15 is 0 Å². The molecule has 0 aliphatic carbocycles. The number of aryl methyl sites for hydroxylation is 2. The number of carbonyl (C=O) groups is 2. The van der Waals surface area contributed by atoms with Crippen LogP contribution in [0.3, 0.4) is 0 Å². The van der Waals surface area contributed by atoms with E-state index in [1.54, 1.807) is 0 Å². The van der Waals surface area contributed by atoms with Gasteiger partial charge in [-0.2, -0.15) is 0 Å². The van der Waals surface area contributed by atoms with E-state index in [1.165, 1.54) is 0 Å². The summed E-state index contributed by atoms with van der Waals surface area (Å²) in [6.45, 7) is 5.65. The van der Waals surface area contributed by atoms with Crippen molar-refractivity contribution in [2.24, 2.45) is 0 Å². The van der Waals surface area contributed by atoms with Crippen LogP contribution in [-0.2, 0) is 4.79 Å². The van der Waals surface area contributed by atoms with E-state index in [0.717, 1.165) is 11.1 Å². The first-order valence-electron chi connectivity index (χ1n) is 6.04. The highest BCUT2D eigenvalue weighted by Crippen LogP contribution is 2.11. The summed E-state index contributed by atoms with van der Waals surface area (Å²) < 4.78 is 0. The van der Waals surface area contributed by atoms with Gasteiger partial charge in [0, 0.05) is 11.6 Å². The Hall–Kier alpha value is -1.84. The Kier molecular flexibility index (Phi) is 4.89. The largest absolute Gasteiger partial charge is 0.481 e. The van der Waals surface area contributed by atoms with Gasteiger partial charge in [-0.1, -0.05) is 24.6 Å². The lowest BCUT2D eigenvalue weighted by molar-refractivity contribution is -0.137. The van der Waals surface area contributed by atoms with E-state index in [9.17, 15) is 9.59 Å². The van der Waals surface area contributed by atoms with Crippen LogP contribution < -0.4 is 5.32 Å². The van der Waals surface area contributed by atoms with Gasteiger partial charge < -0.3 is 10.4 Å². The van der Waals surface area contributed by atoms with Crippen molar-refractivity contribution in [3.8, 4) is 0 Å². The molecule has 4 nitrogen and oxygen atoms in total. The molecule has 0 saturated heterocycles. The maximum atomic E-state index is 12.1. The first kappa shape index (κ1) is 14.2. The summed E-state index contributed by atoms with van der Waals surface area (Å²) in [5.74, 6) is -1.10. The lowest BCUT2D eigenvalue weighted by Crippen LogP contribution is -2.36. The van der Waals surface area contributed by atoms with Crippen LogP contribution in [-0.4, -0.2) is 23.0 Å². The molecule has 1 amide bonds. The van der Waals surface area contributed by atoms with Gasteiger partial charge in [-0.15, -0.1) is 0 Å². The molecule has 0 saturated carbocycles. The summed E-state index contributed by atoms with van der Waals surface area (Å²) in [5, 5.41) is 11.5. The van der Waals surface area contributed by atoms with Crippen LogP contribution in [0, 0.1) is 13.8 Å². The third-order valence-electron chi connectivity index (χ3n) is 2.89. The first-order valence-corrected chi connectivity index (χ1v) is 6.04. The van der Waals surface area contributed by atoms with Crippen molar-refractivity contribution < 1.29 is 14.7 Å². The number of carbonyl (C=O) groups excluding carboxylic acids is 1. The van der Waals surface area contributed by atoms with Gasteiger partial charge in [-0.25, -0.2) is 0 Å². The Labute approximate surface area is 107 Å². The number of carboxylic acids is 1. The molecule has 0 radical (unpaired) electrons. The fraction of sp³-hybridized carbons (Fsp3) is 0.429. The van der Waals surface area contributed by atoms with E-state index in [0.29, 0.717) is 12.0 Å². The maximum Gasteiger partial charge on any atom is 0.305 e. The van der Waals surface area contributed by atoms with Crippen LogP contribution in [0.15, 0.2) is 18.2 Å². The molecule has 1 atom stereocenters. The minimum atomic E-state index is -0.900. The van der Waals surface area contributed by atoms with Gasteiger partial charge in [0.1, 0.15) is 0 Å². The standard InChI is InChI=1S/C14H19NO3/c1-4-11(8-13(16)17)15-14(18)12-7-9(2)5-6-10(12)3/h5-7,11H,4,8H2,1-3H3,(H,15,18)(H,16,17). The molecule has 1 aromatic rings. The minimum Gasteiger partial charge on any atom is -0.481 e. The fourth-order valence-corrected chi connectivity index (χ4v) is 1.75. The van der Waals surface area contributed by atoms with E-state index in [-0.39, 0.29) is 18.4 Å². The van der Waals surface area contributed by atoms with Gasteiger partial charge >= 0.3 is 5.97 Å². The quantitative estimate of drug-likeness (QED) is 0.841. The summed E-state index contributed by atoms with van der Waals surface area (Å²) in [4.78, 5) is 22.7. The van der Waals surface area contributed by atoms with Crippen LogP contribution in [0.2, 0.25) is 0 Å². The average molecular weight is 249 g/mol. The van der Waals surface area contributed by atoms with Crippen molar-refractivity contribution in [2.45, 2.75) is 39.7 Å². The predicted octanol–water partition coefficient (Wildman–Crippen LogP) is 2.29. The van der Waals surface area contributed by atoms with Gasteiger partial charge in [0.15, 0.2) is 0 Å². The first-order chi connectivity index (χ1) is 8.43. The highest BCUT2D eigenvalue weighted by molar-refractivity contribution is 5.96. The van der Waals surface area contributed by atoms with Gasteiger partial charge in [0.25, 0.3) is 5.91 Å². The number of amides is 1. The molecule has 18 heavy (non-hydrogen) atoms. The molecule has 2 N–H and O–H groups in total. The Morgan fingerprint density at radius 1 is 1.33 bits per heavy atom. The summed E-state index contributed by atoms with van der Waals surface area (Å²) in [7, 11) is 0. The average Bonchev–Trinajstić information content (AvgIpc) is 2.30. The second-order valence-electron chi connectivity index (χ2n) is 4.49. The Bertz CT molecular complexity index is 454. The molecule has 0 heterocycles. The number of hydrogen-bond donors (Lipinski definition) is 2. The molecule has 98 valence electrons. The molecule has 0 fully saturated rings. The molecular weight excluding hydrogens is 230 g/mol. The number of rotatable bonds is 5. The SMILES string of the molecule is CCC(CC(=O)O)NC(=O)c1cc(C)ccc1C. The Morgan fingerprint density at radius 2 is 2.00 bits per heavy atom. The summed E-state index contributed by atoms with van der Waals surface area (Å²) in [6, 6.07) is 5.33. The van der Waals surface area contributed by atoms with Crippen molar-refractivity contribution in [2.75, 3.05) is 0 Å². The zero-order valence-corrected chi connectivity index (χ0v) is 11.0. The van der Waals surface area contributed by atoms with Crippen LogP contribution in [0.4, 0.5) is 0 Å². The van der Waals surface area contributed by atoms with E-state index in [4.69, 9.17) is 5.11 Å². The molecule has 0 aliphatic heterocycles. The summed E-state index contributed by atoms with van der Waals surface area (Å²) in [5.41, 5.74) is 2.51. The second-order valence-corrected chi connectivity index (χ2v) is 4.49. The van der Waals surface area contributed by atoms with Crippen LogP contribution in [0.5, 0.6) is 0 Å². The van der Waals surface area contributed by atoms with Gasteiger partial charge in [0.2, 0.25) is 0 Å². The molecule has 1 unspecified atom stereocenters. The van der Waals surface area contributed by atoms with Crippen LogP contribution in [0.25, 0.3) is 0 Å². The molecule has 0 aliphatic rings. The van der Waals surface area contributed by atoms with Crippen molar-refractivity contribution in [1.29, 1.82) is 0 Å². The number of benzene rings is 1. The highest BCUT2D eigenvalue weighted by Gasteiger charge is 2.16. The predicted molar refractivity (Wildman–Crippen MR) is 69.7 cm³/mol. The lowest BCUT2D eigenvalue weighted by atomic mass is 10.0. The minimum absolute atomic E-state index is 0.0485. The summed E-state index contributed by atoms with van der Waals surface area (Å²) in [6.07, 6.45) is 0.552. The van der Waals surface area contributed by atoms with E-state index in [2.05, 4.69) is 5.32 Å². The number of hydrogen-bond acceptors (Lipinski definition) is 2. The van der Waals surface area contributed by atoms with Crippen LogP contribution in [0.1, 0.15) is 41.3 Å². The highest BCUT2D eigenvalue weighted by atomic mass is 16.4. The normalized spacial score (nSPS) is 11.9. The smallest absolute Gasteiger partial charge is 0.305 e. The van der Waals surface area contributed by atoms with Crippen molar-refractivity contribution >= 4 is 11.9 Å². The molecule has 1 rings (SSSR count). The van der Waals surface area contributed by atoms with Gasteiger partial charge in [-0.3, -0.25) is 9.59 Å². The Morgan fingerprint density at radius 3 is 2.56 bits per heavy atom. The topological polar surface area (TPSA) is 66.4 Å². The van der Waals surface area contributed by atoms with Crippen molar-refractivity contribution in [1.82, 2.24) is 5.32 Å². The summed E-state index contributed by atoms with van der Waals surface area (Å²) >= 11 is 0. The molecule has 0 bridgehead atoms.